The largest absolute Gasteiger partial charge is 0.464 e. The molecule has 0 saturated carbocycles. The Kier molecular flexibility index (Phi) is 4.85. The van der Waals surface area contributed by atoms with Crippen molar-refractivity contribution in [2.75, 3.05) is 6.61 Å². The number of hydrogen-bond donors (Lipinski definition) is 1. The molecule has 19 heavy (non-hydrogen) atoms. The van der Waals surface area contributed by atoms with Gasteiger partial charge in [0, 0.05) is 20.8 Å². The summed E-state index contributed by atoms with van der Waals surface area (Å²) in [4.78, 5) is 44.3. The van der Waals surface area contributed by atoms with E-state index in [1.807, 2.05) is 0 Å². The maximum Gasteiger partial charge on any atom is 0.303 e. The van der Waals surface area contributed by atoms with E-state index in [0.29, 0.717) is 0 Å². The fourth-order valence-electron chi connectivity index (χ4n) is 1.69. The summed E-state index contributed by atoms with van der Waals surface area (Å²) in [5, 5.41) is 2.45. The molecule has 106 valence electrons. The van der Waals surface area contributed by atoms with Gasteiger partial charge in [-0.15, -0.1) is 0 Å². The zero-order chi connectivity index (χ0) is 14.6. The predicted molar refractivity (Wildman–Crippen MR) is 59.7 cm³/mol. The van der Waals surface area contributed by atoms with Gasteiger partial charge in [0.15, 0.2) is 6.10 Å². The quantitative estimate of drug-likeness (QED) is 0.512. The molecule has 0 aliphatic carbocycles. The summed E-state index contributed by atoms with van der Waals surface area (Å²) in [6.07, 6.45) is -2.25. The van der Waals surface area contributed by atoms with Gasteiger partial charge in [-0.1, -0.05) is 0 Å². The Bertz CT molecular complexity index is 406. The van der Waals surface area contributed by atoms with Crippen molar-refractivity contribution in [1.29, 1.82) is 0 Å². The normalized spacial score (nSPS) is 25.4. The summed E-state index contributed by atoms with van der Waals surface area (Å²) in [5.41, 5.74) is 0. The SMILES string of the molecule is CC(=O)OC[C@H]1NC(=O)[C@@H](OC(C)=O)[C@@H]1OC(C)=O. The van der Waals surface area contributed by atoms with Crippen LogP contribution in [0.15, 0.2) is 0 Å². The molecule has 1 aliphatic heterocycles. The number of ether oxygens (including phenoxy) is 3. The first-order valence-electron chi connectivity index (χ1n) is 5.59. The van der Waals surface area contributed by atoms with E-state index in [2.05, 4.69) is 5.32 Å². The standard InChI is InChI=1S/C11H15NO7/c1-5(13)17-4-8-9(18-6(2)14)10(11(16)12-8)19-7(3)15/h8-10H,4H2,1-3H3,(H,12,16)/t8-,9-,10+/m1/s1. The van der Waals surface area contributed by atoms with Gasteiger partial charge in [-0.3, -0.25) is 19.2 Å². The number of amides is 1. The van der Waals surface area contributed by atoms with Gasteiger partial charge in [0.1, 0.15) is 12.6 Å². The summed E-state index contributed by atoms with van der Waals surface area (Å²) in [6, 6.07) is -0.746. The number of carbonyl (C=O) groups excluding carboxylic acids is 4. The van der Waals surface area contributed by atoms with E-state index in [4.69, 9.17) is 14.2 Å². The smallest absolute Gasteiger partial charge is 0.303 e. The zero-order valence-corrected chi connectivity index (χ0v) is 10.8. The summed E-state index contributed by atoms with van der Waals surface area (Å²) in [7, 11) is 0. The van der Waals surface area contributed by atoms with Crippen LogP contribution in [0.25, 0.3) is 0 Å². The molecule has 1 aliphatic rings. The van der Waals surface area contributed by atoms with Crippen LogP contribution in [0.5, 0.6) is 0 Å². The minimum Gasteiger partial charge on any atom is -0.464 e. The maximum absolute atomic E-state index is 11.6. The average Bonchev–Trinajstić information content (AvgIpc) is 2.53. The van der Waals surface area contributed by atoms with Crippen molar-refractivity contribution in [3.8, 4) is 0 Å². The second-order valence-corrected chi connectivity index (χ2v) is 4.02. The Morgan fingerprint density at radius 3 is 2.11 bits per heavy atom. The van der Waals surface area contributed by atoms with Crippen molar-refractivity contribution in [3.05, 3.63) is 0 Å². The van der Waals surface area contributed by atoms with E-state index in [0.717, 1.165) is 13.8 Å². The Labute approximate surface area is 109 Å². The van der Waals surface area contributed by atoms with Gasteiger partial charge in [-0.25, -0.2) is 0 Å². The Hall–Kier alpha value is -2.12. The molecule has 1 saturated heterocycles. The third-order valence-electron chi connectivity index (χ3n) is 2.34. The van der Waals surface area contributed by atoms with Gasteiger partial charge < -0.3 is 19.5 Å². The average molecular weight is 273 g/mol. The fraction of sp³-hybridized carbons (Fsp3) is 0.636. The van der Waals surface area contributed by atoms with Crippen LogP contribution in [0, 0.1) is 0 Å². The Morgan fingerprint density at radius 1 is 1.05 bits per heavy atom. The van der Waals surface area contributed by atoms with Gasteiger partial charge in [0.2, 0.25) is 6.10 Å². The molecule has 1 fully saturated rings. The fourth-order valence-corrected chi connectivity index (χ4v) is 1.69. The van der Waals surface area contributed by atoms with E-state index in [1.165, 1.54) is 6.92 Å². The summed E-state index contributed by atoms with van der Waals surface area (Å²) in [6.45, 7) is 3.34. The molecule has 0 aromatic carbocycles. The monoisotopic (exact) mass is 273 g/mol. The van der Waals surface area contributed by atoms with E-state index < -0.39 is 42.1 Å². The van der Waals surface area contributed by atoms with Crippen molar-refractivity contribution >= 4 is 23.8 Å². The molecule has 1 heterocycles. The highest BCUT2D eigenvalue weighted by molar-refractivity contribution is 5.87. The maximum atomic E-state index is 11.6. The molecular formula is C11H15NO7. The van der Waals surface area contributed by atoms with E-state index in [-0.39, 0.29) is 6.61 Å². The molecule has 0 bridgehead atoms. The number of carbonyl (C=O) groups is 4. The van der Waals surface area contributed by atoms with Crippen LogP contribution in [0.3, 0.4) is 0 Å². The lowest BCUT2D eigenvalue weighted by Gasteiger charge is -2.21. The molecule has 0 aromatic rings. The van der Waals surface area contributed by atoms with Crippen molar-refractivity contribution in [1.82, 2.24) is 5.32 Å². The minimum absolute atomic E-state index is 0.170. The van der Waals surface area contributed by atoms with Crippen LogP contribution >= 0.6 is 0 Å². The second-order valence-electron chi connectivity index (χ2n) is 4.02. The van der Waals surface area contributed by atoms with Gasteiger partial charge >= 0.3 is 17.9 Å². The van der Waals surface area contributed by atoms with Gasteiger partial charge in [-0.05, 0) is 0 Å². The van der Waals surface area contributed by atoms with E-state index in [9.17, 15) is 19.2 Å². The van der Waals surface area contributed by atoms with Crippen LogP contribution < -0.4 is 5.32 Å². The van der Waals surface area contributed by atoms with E-state index in [1.54, 1.807) is 0 Å². The van der Waals surface area contributed by atoms with Gasteiger partial charge in [0.05, 0.1) is 0 Å². The molecule has 8 heteroatoms. The second kappa shape index (κ2) is 6.17. The van der Waals surface area contributed by atoms with Crippen LogP contribution in [-0.2, 0) is 33.4 Å². The predicted octanol–water partition coefficient (Wildman–Crippen LogP) is -1.09. The zero-order valence-electron chi connectivity index (χ0n) is 10.8. The lowest BCUT2D eigenvalue weighted by atomic mass is 10.1. The topological polar surface area (TPSA) is 108 Å². The molecule has 0 aromatic heterocycles. The Morgan fingerprint density at radius 2 is 1.63 bits per heavy atom. The highest BCUT2D eigenvalue weighted by atomic mass is 16.6. The molecule has 1 amide bonds. The van der Waals surface area contributed by atoms with Crippen molar-refractivity contribution in [3.63, 3.8) is 0 Å². The number of hydrogen-bond acceptors (Lipinski definition) is 7. The molecule has 8 nitrogen and oxygen atoms in total. The lowest BCUT2D eigenvalue weighted by Crippen LogP contribution is -2.41. The Balaban J connectivity index is 2.79. The first-order chi connectivity index (χ1) is 8.81. The third-order valence-corrected chi connectivity index (χ3v) is 2.34. The van der Waals surface area contributed by atoms with Crippen LogP contribution in [-0.4, -0.2) is 48.7 Å². The van der Waals surface area contributed by atoms with Gasteiger partial charge in [-0.2, -0.15) is 0 Å². The molecule has 0 spiro atoms. The van der Waals surface area contributed by atoms with Crippen LogP contribution in [0.1, 0.15) is 20.8 Å². The summed E-state index contributed by atoms with van der Waals surface area (Å²) in [5.74, 6) is -2.44. The minimum atomic E-state index is -1.23. The van der Waals surface area contributed by atoms with Gasteiger partial charge in [0.25, 0.3) is 5.91 Å². The lowest BCUT2D eigenvalue weighted by molar-refractivity contribution is -0.166. The summed E-state index contributed by atoms with van der Waals surface area (Å²) >= 11 is 0. The van der Waals surface area contributed by atoms with Crippen molar-refractivity contribution < 1.29 is 33.4 Å². The van der Waals surface area contributed by atoms with E-state index >= 15 is 0 Å². The molecule has 0 unspecified atom stereocenters. The highest BCUT2D eigenvalue weighted by Crippen LogP contribution is 2.18. The molecule has 1 rings (SSSR count). The first kappa shape index (κ1) is 14.9. The summed E-state index contributed by atoms with van der Waals surface area (Å²) < 4.78 is 14.5. The number of rotatable bonds is 4. The molecular weight excluding hydrogens is 258 g/mol. The number of nitrogens with one attached hydrogen (secondary N) is 1. The van der Waals surface area contributed by atoms with Crippen molar-refractivity contribution in [2.24, 2.45) is 0 Å². The van der Waals surface area contributed by atoms with Crippen LogP contribution in [0.2, 0.25) is 0 Å². The molecule has 1 N–H and O–H groups in total. The molecule has 0 radical (unpaired) electrons. The highest BCUT2D eigenvalue weighted by Gasteiger charge is 2.47. The third kappa shape index (κ3) is 4.23. The van der Waals surface area contributed by atoms with Crippen molar-refractivity contribution in [2.45, 2.75) is 39.0 Å². The first-order valence-corrected chi connectivity index (χ1v) is 5.59. The molecule has 3 atom stereocenters. The number of esters is 3. The van der Waals surface area contributed by atoms with Crippen LogP contribution in [0.4, 0.5) is 0 Å².